The van der Waals surface area contributed by atoms with Gasteiger partial charge in [0, 0.05) is 10.0 Å². The van der Waals surface area contributed by atoms with Crippen molar-refractivity contribution in [1.29, 1.82) is 0 Å². The van der Waals surface area contributed by atoms with Crippen molar-refractivity contribution in [3.8, 4) is 11.4 Å². The molecule has 1 aromatic heterocycles. The van der Waals surface area contributed by atoms with Gasteiger partial charge in [-0.3, -0.25) is 14.6 Å². The molecule has 6 rings (SSSR count). The number of anilines is 1. The van der Waals surface area contributed by atoms with Crippen LogP contribution in [0.1, 0.15) is 23.4 Å². The predicted octanol–water partition coefficient (Wildman–Crippen LogP) is 3.48. The quantitative estimate of drug-likeness (QED) is 0.516. The van der Waals surface area contributed by atoms with Crippen LogP contribution in [0.25, 0.3) is 11.4 Å². The summed E-state index contributed by atoms with van der Waals surface area (Å²) in [5.74, 6) is 0.0256. The Bertz CT molecular complexity index is 1290. The first kappa shape index (κ1) is 19.3. The Balaban J connectivity index is 1.23. The fourth-order valence-corrected chi connectivity index (χ4v) is 4.91. The molecule has 32 heavy (non-hydrogen) atoms. The van der Waals surface area contributed by atoms with E-state index >= 15 is 0 Å². The molecule has 0 N–H and O–H groups in total. The van der Waals surface area contributed by atoms with Gasteiger partial charge in [0.25, 0.3) is 11.8 Å². The number of benzene rings is 2. The average Bonchev–Trinajstić information content (AvgIpc) is 3.56. The highest BCUT2D eigenvalue weighted by Gasteiger charge is 2.55. The summed E-state index contributed by atoms with van der Waals surface area (Å²) in [5.41, 5.74) is 3.88. The van der Waals surface area contributed by atoms with Gasteiger partial charge in [0.05, 0.1) is 5.69 Å². The maximum Gasteiger partial charge on any atom is 0.263 e. The molecule has 1 saturated heterocycles. The molecule has 2 aromatic carbocycles. The zero-order chi connectivity index (χ0) is 21.8. The van der Waals surface area contributed by atoms with Crippen LogP contribution in [0.5, 0.6) is 0 Å². The number of aromatic nitrogens is 2. The Labute approximate surface area is 191 Å². The van der Waals surface area contributed by atoms with Crippen LogP contribution >= 0.6 is 15.9 Å². The zero-order valence-electron chi connectivity index (χ0n) is 16.8. The lowest BCUT2D eigenvalue weighted by molar-refractivity contribution is -0.123. The minimum Gasteiger partial charge on any atom is -0.337 e. The molecule has 160 valence electrons. The van der Waals surface area contributed by atoms with Gasteiger partial charge in [-0.25, -0.2) is 4.90 Å². The van der Waals surface area contributed by atoms with Crippen molar-refractivity contribution in [3.05, 3.63) is 64.0 Å². The first-order valence-corrected chi connectivity index (χ1v) is 11.1. The zero-order valence-corrected chi connectivity index (χ0v) is 18.4. The molecule has 1 fully saturated rings. The van der Waals surface area contributed by atoms with Crippen molar-refractivity contribution in [2.75, 3.05) is 4.90 Å². The lowest BCUT2D eigenvalue weighted by atomic mass is 10.1. The third kappa shape index (κ3) is 3.05. The third-order valence-electron chi connectivity index (χ3n) is 6.05. The molecule has 3 aromatic rings. The van der Waals surface area contributed by atoms with Crippen LogP contribution in [0, 0.1) is 0 Å². The summed E-state index contributed by atoms with van der Waals surface area (Å²) in [5, 5.41) is 13.6. The number of rotatable bonds is 4. The van der Waals surface area contributed by atoms with Gasteiger partial charge in [-0.05, 0) is 54.7 Å². The normalized spacial score (nSPS) is 21.5. The van der Waals surface area contributed by atoms with E-state index in [9.17, 15) is 9.59 Å². The van der Waals surface area contributed by atoms with E-state index in [1.165, 1.54) is 21.0 Å². The number of imide groups is 1. The van der Waals surface area contributed by atoms with Crippen molar-refractivity contribution >= 4 is 33.4 Å². The number of nitrogens with zero attached hydrogens (tertiary/aromatic N) is 6. The van der Waals surface area contributed by atoms with Crippen molar-refractivity contribution < 1.29 is 14.1 Å². The molecular formula is C22H17BrN6O3. The summed E-state index contributed by atoms with van der Waals surface area (Å²) < 4.78 is 6.27. The molecule has 0 radical (unpaired) electrons. The standard InChI is InChI=1S/C22H17BrN6O3/c23-15-6-2-5-14(9-15)20-24-17(32-26-20)11-28-19-18(25-27-28)21(30)29(22(19)31)16-8-7-12-3-1-4-13(12)10-16/h2,5-10,18-19H,1,3-4,11H2. The number of amides is 2. The second kappa shape index (κ2) is 7.33. The highest BCUT2D eigenvalue weighted by atomic mass is 79.9. The van der Waals surface area contributed by atoms with Crippen molar-refractivity contribution in [2.45, 2.75) is 37.9 Å². The van der Waals surface area contributed by atoms with Gasteiger partial charge >= 0.3 is 0 Å². The molecule has 9 nitrogen and oxygen atoms in total. The fraction of sp³-hybridized carbons (Fsp3) is 0.273. The smallest absolute Gasteiger partial charge is 0.263 e. The Morgan fingerprint density at radius 1 is 1.06 bits per heavy atom. The summed E-state index contributed by atoms with van der Waals surface area (Å²) in [6.45, 7) is 0.0860. The number of hydrogen-bond donors (Lipinski definition) is 0. The Morgan fingerprint density at radius 2 is 1.94 bits per heavy atom. The van der Waals surface area contributed by atoms with E-state index < -0.39 is 12.1 Å². The van der Waals surface area contributed by atoms with Crippen molar-refractivity contribution in [2.24, 2.45) is 10.3 Å². The minimum atomic E-state index is -0.858. The summed E-state index contributed by atoms with van der Waals surface area (Å²) in [6.07, 6.45) is 3.10. The van der Waals surface area contributed by atoms with Crippen molar-refractivity contribution in [3.63, 3.8) is 0 Å². The maximum absolute atomic E-state index is 13.2. The first-order valence-electron chi connectivity index (χ1n) is 10.3. The molecule has 0 spiro atoms. The number of fused-ring (bicyclic) bond motifs is 2. The van der Waals surface area contributed by atoms with Crippen LogP contribution in [-0.4, -0.2) is 39.0 Å². The molecule has 2 unspecified atom stereocenters. The molecule has 3 heterocycles. The predicted molar refractivity (Wildman–Crippen MR) is 116 cm³/mol. The maximum atomic E-state index is 13.2. The highest BCUT2D eigenvalue weighted by molar-refractivity contribution is 9.10. The lowest BCUT2D eigenvalue weighted by Gasteiger charge is -2.19. The Hall–Kier alpha value is -3.40. The molecule has 2 aliphatic heterocycles. The molecule has 1 aliphatic carbocycles. The molecular weight excluding hydrogens is 476 g/mol. The largest absolute Gasteiger partial charge is 0.337 e. The van der Waals surface area contributed by atoms with Crippen LogP contribution in [0.3, 0.4) is 0 Å². The highest BCUT2D eigenvalue weighted by Crippen LogP contribution is 2.35. The molecule has 2 amide bonds. The van der Waals surface area contributed by atoms with E-state index in [1.54, 1.807) is 0 Å². The first-order chi connectivity index (χ1) is 15.6. The van der Waals surface area contributed by atoms with Gasteiger partial charge in [-0.1, -0.05) is 44.5 Å². The van der Waals surface area contributed by atoms with Gasteiger partial charge in [0.15, 0.2) is 12.1 Å². The molecule has 3 aliphatic rings. The molecule has 2 atom stereocenters. The van der Waals surface area contributed by atoms with Crippen LogP contribution in [0.15, 0.2) is 61.8 Å². The van der Waals surface area contributed by atoms with E-state index in [-0.39, 0.29) is 24.2 Å². The molecule has 0 bridgehead atoms. The monoisotopic (exact) mass is 492 g/mol. The Morgan fingerprint density at radius 3 is 2.81 bits per heavy atom. The summed E-state index contributed by atoms with van der Waals surface area (Å²) in [4.78, 5) is 31.9. The molecule has 10 heteroatoms. The fourth-order valence-electron chi connectivity index (χ4n) is 4.51. The van der Waals surface area contributed by atoms with Crippen LogP contribution < -0.4 is 4.90 Å². The van der Waals surface area contributed by atoms with Crippen LogP contribution in [0.4, 0.5) is 5.69 Å². The van der Waals surface area contributed by atoms with E-state index in [2.05, 4.69) is 36.4 Å². The number of carbonyl (C=O) groups excluding carboxylic acids is 2. The average molecular weight is 493 g/mol. The van der Waals surface area contributed by atoms with E-state index in [1.807, 2.05) is 42.5 Å². The number of halogens is 1. The molecule has 0 saturated carbocycles. The third-order valence-corrected chi connectivity index (χ3v) is 6.54. The minimum absolute atomic E-state index is 0.0860. The number of aryl methyl sites for hydroxylation is 2. The lowest BCUT2D eigenvalue weighted by Crippen LogP contribution is -2.39. The summed E-state index contributed by atoms with van der Waals surface area (Å²) in [6, 6.07) is 11.7. The van der Waals surface area contributed by atoms with Crippen LogP contribution in [-0.2, 0) is 29.0 Å². The summed E-state index contributed by atoms with van der Waals surface area (Å²) in [7, 11) is 0. The number of carbonyl (C=O) groups is 2. The summed E-state index contributed by atoms with van der Waals surface area (Å²) >= 11 is 3.43. The Kier molecular flexibility index (Phi) is 4.42. The van der Waals surface area contributed by atoms with Gasteiger partial charge in [0.2, 0.25) is 11.7 Å². The van der Waals surface area contributed by atoms with Crippen molar-refractivity contribution in [1.82, 2.24) is 15.1 Å². The van der Waals surface area contributed by atoms with E-state index in [0.717, 1.165) is 29.3 Å². The van der Waals surface area contributed by atoms with Crippen LogP contribution in [0.2, 0.25) is 0 Å². The van der Waals surface area contributed by atoms with Gasteiger partial charge in [0.1, 0.15) is 6.54 Å². The SMILES string of the molecule is O=C1C2N=NN(Cc3nc(-c4cccc(Br)c4)no3)C2C(=O)N1c1ccc2c(c1)CCC2. The van der Waals surface area contributed by atoms with Gasteiger partial charge in [-0.15, -0.1) is 0 Å². The number of hydrogen-bond acceptors (Lipinski definition) is 8. The second-order valence-corrected chi connectivity index (χ2v) is 8.95. The second-order valence-electron chi connectivity index (χ2n) is 8.03. The van der Waals surface area contributed by atoms with E-state index in [4.69, 9.17) is 4.52 Å². The van der Waals surface area contributed by atoms with Gasteiger partial charge in [-0.2, -0.15) is 10.1 Å². The van der Waals surface area contributed by atoms with Gasteiger partial charge < -0.3 is 4.52 Å². The topological polar surface area (TPSA) is 104 Å². The van der Waals surface area contributed by atoms with E-state index in [0.29, 0.717) is 11.5 Å².